The predicted molar refractivity (Wildman–Crippen MR) is 74.3 cm³/mol. The van der Waals surface area contributed by atoms with Gasteiger partial charge in [-0.1, -0.05) is 25.4 Å². The van der Waals surface area contributed by atoms with Crippen LogP contribution in [-0.4, -0.2) is 25.2 Å². The van der Waals surface area contributed by atoms with Crippen molar-refractivity contribution in [3.63, 3.8) is 0 Å². The first-order chi connectivity index (χ1) is 9.15. The van der Waals surface area contributed by atoms with Crippen LogP contribution in [-0.2, 0) is 0 Å². The van der Waals surface area contributed by atoms with Crippen LogP contribution in [0.5, 0.6) is 11.5 Å². The third-order valence-electron chi connectivity index (χ3n) is 3.18. The summed E-state index contributed by atoms with van der Waals surface area (Å²) in [5.74, 6) is 0.924. The summed E-state index contributed by atoms with van der Waals surface area (Å²) in [7, 11) is 0. The Kier molecular flexibility index (Phi) is 4.53. The first kappa shape index (κ1) is 14.0. The summed E-state index contributed by atoms with van der Waals surface area (Å²) in [5, 5.41) is 3.38. The van der Waals surface area contributed by atoms with Crippen molar-refractivity contribution in [2.24, 2.45) is 0 Å². The molecule has 4 nitrogen and oxygen atoms in total. The minimum absolute atomic E-state index is 0.132. The van der Waals surface area contributed by atoms with Gasteiger partial charge in [0.05, 0.1) is 5.02 Å². The van der Waals surface area contributed by atoms with Crippen LogP contribution in [0.2, 0.25) is 5.02 Å². The van der Waals surface area contributed by atoms with Gasteiger partial charge in [-0.05, 0) is 25.0 Å². The summed E-state index contributed by atoms with van der Waals surface area (Å²) in [6.07, 6.45) is 1.81. The van der Waals surface area contributed by atoms with E-state index in [1.807, 2.05) is 13.8 Å². The Morgan fingerprint density at radius 2 is 2.00 bits per heavy atom. The van der Waals surface area contributed by atoms with E-state index in [4.69, 9.17) is 21.1 Å². The zero-order chi connectivity index (χ0) is 13.8. The van der Waals surface area contributed by atoms with Crippen molar-refractivity contribution in [3.8, 4) is 11.5 Å². The number of ether oxygens (including phenoxy) is 2. The Bertz CT molecular complexity index is 472. The normalized spacial score (nSPS) is 13.5. The molecule has 1 amide bonds. The molecule has 1 aromatic carbocycles. The average Bonchev–Trinajstić information content (AvgIpc) is 2.44. The summed E-state index contributed by atoms with van der Waals surface area (Å²) >= 11 is 6.11. The number of hydrogen-bond donors (Lipinski definition) is 1. The van der Waals surface area contributed by atoms with E-state index < -0.39 is 0 Å². The molecule has 1 heterocycles. The number of carbonyl (C=O) groups is 1. The maximum absolute atomic E-state index is 12.1. The van der Waals surface area contributed by atoms with E-state index in [9.17, 15) is 4.79 Å². The van der Waals surface area contributed by atoms with Gasteiger partial charge in [0.25, 0.3) is 5.91 Å². The van der Waals surface area contributed by atoms with Gasteiger partial charge < -0.3 is 14.8 Å². The first-order valence-corrected chi connectivity index (χ1v) is 6.93. The fourth-order valence-corrected chi connectivity index (χ4v) is 2.27. The van der Waals surface area contributed by atoms with E-state index >= 15 is 0 Å². The van der Waals surface area contributed by atoms with Crippen molar-refractivity contribution in [1.82, 2.24) is 5.32 Å². The molecular weight excluding hydrogens is 266 g/mol. The van der Waals surface area contributed by atoms with Gasteiger partial charge in [0, 0.05) is 11.6 Å². The Hall–Kier alpha value is -1.42. The molecule has 2 rings (SSSR count). The van der Waals surface area contributed by atoms with Gasteiger partial charge in [-0.2, -0.15) is 0 Å². The Morgan fingerprint density at radius 1 is 1.32 bits per heavy atom. The Labute approximate surface area is 118 Å². The largest absolute Gasteiger partial charge is 0.486 e. The zero-order valence-electron chi connectivity index (χ0n) is 11.2. The van der Waals surface area contributed by atoms with E-state index in [2.05, 4.69) is 5.32 Å². The highest BCUT2D eigenvalue weighted by Crippen LogP contribution is 2.38. The van der Waals surface area contributed by atoms with Crippen LogP contribution in [0.4, 0.5) is 0 Å². The molecule has 0 radical (unpaired) electrons. The van der Waals surface area contributed by atoms with E-state index in [0.717, 1.165) is 12.8 Å². The van der Waals surface area contributed by atoms with Gasteiger partial charge in [0.1, 0.15) is 13.2 Å². The summed E-state index contributed by atoms with van der Waals surface area (Å²) in [6.45, 7) is 5.05. The average molecular weight is 284 g/mol. The molecule has 0 aliphatic carbocycles. The van der Waals surface area contributed by atoms with E-state index in [1.165, 1.54) is 0 Å². The quantitative estimate of drug-likeness (QED) is 0.924. The van der Waals surface area contributed by atoms with Crippen molar-refractivity contribution in [3.05, 3.63) is 22.7 Å². The molecule has 1 aromatic rings. The highest BCUT2D eigenvalue weighted by molar-refractivity contribution is 6.32. The molecule has 0 saturated heterocycles. The minimum atomic E-state index is -0.132. The lowest BCUT2D eigenvalue weighted by atomic mass is 10.1. The predicted octanol–water partition coefficient (Wildman–Crippen LogP) is 3.03. The van der Waals surface area contributed by atoms with Gasteiger partial charge in [0.15, 0.2) is 11.5 Å². The number of nitrogens with one attached hydrogen (secondary N) is 1. The molecule has 0 saturated carbocycles. The summed E-state index contributed by atoms with van der Waals surface area (Å²) in [6, 6.07) is 3.48. The van der Waals surface area contributed by atoms with E-state index in [-0.39, 0.29) is 11.9 Å². The van der Waals surface area contributed by atoms with Gasteiger partial charge in [-0.25, -0.2) is 0 Å². The molecule has 5 heteroatoms. The van der Waals surface area contributed by atoms with Gasteiger partial charge in [0.2, 0.25) is 0 Å². The van der Waals surface area contributed by atoms with E-state index in [1.54, 1.807) is 12.1 Å². The van der Waals surface area contributed by atoms with Crippen LogP contribution in [0.1, 0.15) is 37.0 Å². The topological polar surface area (TPSA) is 47.6 Å². The molecule has 104 valence electrons. The van der Waals surface area contributed by atoms with Crippen LogP contribution >= 0.6 is 11.6 Å². The highest BCUT2D eigenvalue weighted by Gasteiger charge is 2.20. The minimum Gasteiger partial charge on any atom is -0.486 e. The maximum atomic E-state index is 12.1. The molecule has 0 spiro atoms. The molecular formula is C14H18ClNO3. The molecule has 1 aliphatic rings. The lowest BCUT2D eigenvalue weighted by molar-refractivity contribution is 0.0933. The third-order valence-corrected chi connectivity index (χ3v) is 3.46. The van der Waals surface area contributed by atoms with Crippen molar-refractivity contribution >= 4 is 17.5 Å². The van der Waals surface area contributed by atoms with Gasteiger partial charge in [-0.3, -0.25) is 4.79 Å². The first-order valence-electron chi connectivity index (χ1n) is 6.55. The number of hydrogen-bond acceptors (Lipinski definition) is 3. The molecule has 19 heavy (non-hydrogen) atoms. The van der Waals surface area contributed by atoms with Crippen LogP contribution in [0.25, 0.3) is 0 Å². The lowest BCUT2D eigenvalue weighted by Gasteiger charge is -2.21. The highest BCUT2D eigenvalue weighted by atomic mass is 35.5. The molecule has 0 bridgehead atoms. The number of amides is 1. The SMILES string of the molecule is CCC(CC)NC(=O)c1cc(Cl)c2c(c1)OCCO2. The number of halogens is 1. The fourth-order valence-electron chi connectivity index (χ4n) is 2.00. The molecule has 0 fully saturated rings. The second-order valence-electron chi connectivity index (χ2n) is 4.47. The molecule has 1 N–H and O–H groups in total. The Balaban J connectivity index is 2.21. The third kappa shape index (κ3) is 3.13. The summed E-state index contributed by atoms with van der Waals surface area (Å²) in [4.78, 5) is 12.1. The van der Waals surface area contributed by atoms with Gasteiger partial charge >= 0.3 is 0 Å². The summed E-state index contributed by atoms with van der Waals surface area (Å²) in [5.41, 5.74) is 0.501. The second kappa shape index (κ2) is 6.15. The molecule has 0 atom stereocenters. The number of fused-ring (bicyclic) bond motifs is 1. The molecule has 0 aromatic heterocycles. The second-order valence-corrected chi connectivity index (χ2v) is 4.88. The fraction of sp³-hybridized carbons (Fsp3) is 0.500. The standard InChI is InChI=1S/C14H18ClNO3/c1-3-10(4-2)16-14(17)9-7-11(15)13-12(8-9)18-5-6-19-13/h7-8,10H,3-6H2,1-2H3,(H,16,17). The Morgan fingerprint density at radius 3 is 2.68 bits per heavy atom. The van der Waals surface area contributed by atoms with Crippen LogP contribution < -0.4 is 14.8 Å². The summed E-state index contributed by atoms with van der Waals surface area (Å²) < 4.78 is 10.9. The van der Waals surface area contributed by atoms with E-state index in [0.29, 0.717) is 35.3 Å². The van der Waals surface area contributed by atoms with Crippen molar-refractivity contribution < 1.29 is 14.3 Å². The van der Waals surface area contributed by atoms with Crippen LogP contribution in [0.15, 0.2) is 12.1 Å². The molecule has 1 aliphatic heterocycles. The number of rotatable bonds is 4. The van der Waals surface area contributed by atoms with Crippen molar-refractivity contribution in [1.29, 1.82) is 0 Å². The maximum Gasteiger partial charge on any atom is 0.251 e. The lowest BCUT2D eigenvalue weighted by Crippen LogP contribution is -2.33. The smallest absolute Gasteiger partial charge is 0.251 e. The number of benzene rings is 1. The number of carbonyl (C=O) groups excluding carboxylic acids is 1. The van der Waals surface area contributed by atoms with Crippen molar-refractivity contribution in [2.45, 2.75) is 32.7 Å². The molecule has 0 unspecified atom stereocenters. The van der Waals surface area contributed by atoms with Crippen LogP contribution in [0, 0.1) is 0 Å². The zero-order valence-corrected chi connectivity index (χ0v) is 11.9. The van der Waals surface area contributed by atoms with Crippen LogP contribution in [0.3, 0.4) is 0 Å². The monoisotopic (exact) mass is 283 g/mol. The van der Waals surface area contributed by atoms with Crippen molar-refractivity contribution in [2.75, 3.05) is 13.2 Å². The van der Waals surface area contributed by atoms with Gasteiger partial charge in [-0.15, -0.1) is 0 Å².